The van der Waals surface area contributed by atoms with Crippen LogP contribution in [0.3, 0.4) is 0 Å². The topological polar surface area (TPSA) is 67.9 Å². The Hall–Kier alpha value is -2.73. The van der Waals surface area contributed by atoms with Crippen molar-refractivity contribution in [3.8, 4) is 11.5 Å². The lowest BCUT2D eigenvalue weighted by Crippen LogP contribution is -2.40. The highest BCUT2D eigenvalue weighted by Gasteiger charge is 2.24. The molecule has 1 aliphatic rings. The van der Waals surface area contributed by atoms with Crippen LogP contribution in [0.25, 0.3) is 0 Å². The SMILES string of the molecule is COc1ccc(OC2CCN(C(C)=O)CC2)c(C(=O)N[C@@H](C)c2ccc(Cl)cc2)c1. The summed E-state index contributed by atoms with van der Waals surface area (Å²) in [5.41, 5.74) is 1.37. The maximum Gasteiger partial charge on any atom is 0.255 e. The fraction of sp³-hybridized carbons (Fsp3) is 0.391. The highest BCUT2D eigenvalue weighted by atomic mass is 35.5. The zero-order valence-corrected chi connectivity index (χ0v) is 18.2. The number of halogens is 1. The first-order valence-corrected chi connectivity index (χ1v) is 10.4. The minimum atomic E-state index is -0.243. The number of carbonyl (C=O) groups excluding carboxylic acids is 2. The summed E-state index contributed by atoms with van der Waals surface area (Å²) in [5, 5.41) is 3.66. The van der Waals surface area contributed by atoms with E-state index >= 15 is 0 Å². The molecule has 1 saturated heterocycles. The molecule has 6 nitrogen and oxygen atoms in total. The zero-order valence-electron chi connectivity index (χ0n) is 17.5. The van der Waals surface area contributed by atoms with Crippen molar-refractivity contribution in [1.82, 2.24) is 10.2 Å². The second-order valence-electron chi connectivity index (χ2n) is 7.43. The van der Waals surface area contributed by atoms with Crippen molar-refractivity contribution in [2.45, 2.75) is 38.8 Å². The third-order valence-electron chi connectivity index (χ3n) is 5.33. The summed E-state index contributed by atoms with van der Waals surface area (Å²) in [6.45, 7) is 4.81. The molecule has 2 aromatic rings. The summed E-state index contributed by atoms with van der Waals surface area (Å²) >= 11 is 5.95. The number of benzene rings is 2. The smallest absolute Gasteiger partial charge is 0.255 e. The van der Waals surface area contributed by atoms with Crippen LogP contribution in [0.5, 0.6) is 11.5 Å². The van der Waals surface area contributed by atoms with Crippen LogP contribution in [0, 0.1) is 0 Å². The average Bonchev–Trinajstić information content (AvgIpc) is 2.74. The van der Waals surface area contributed by atoms with Crippen molar-refractivity contribution in [3.63, 3.8) is 0 Å². The summed E-state index contributed by atoms with van der Waals surface area (Å²) in [5.74, 6) is 0.928. The lowest BCUT2D eigenvalue weighted by Gasteiger charge is -2.32. The summed E-state index contributed by atoms with van der Waals surface area (Å²) in [4.78, 5) is 26.4. The number of rotatable bonds is 6. The van der Waals surface area contributed by atoms with E-state index in [-0.39, 0.29) is 24.0 Å². The van der Waals surface area contributed by atoms with Crippen LogP contribution in [0.1, 0.15) is 48.7 Å². The van der Waals surface area contributed by atoms with E-state index in [1.54, 1.807) is 44.4 Å². The van der Waals surface area contributed by atoms with Gasteiger partial charge in [0.1, 0.15) is 17.6 Å². The van der Waals surface area contributed by atoms with Gasteiger partial charge in [-0.3, -0.25) is 9.59 Å². The van der Waals surface area contributed by atoms with E-state index in [1.807, 2.05) is 24.0 Å². The Labute approximate surface area is 182 Å². The Morgan fingerprint density at radius 1 is 1.13 bits per heavy atom. The van der Waals surface area contributed by atoms with Crippen LogP contribution in [0.2, 0.25) is 5.02 Å². The van der Waals surface area contributed by atoms with Crippen molar-refractivity contribution >= 4 is 23.4 Å². The van der Waals surface area contributed by atoms with Gasteiger partial charge in [0.25, 0.3) is 5.91 Å². The molecule has 0 saturated carbocycles. The first-order chi connectivity index (χ1) is 14.4. The largest absolute Gasteiger partial charge is 0.497 e. The van der Waals surface area contributed by atoms with E-state index in [4.69, 9.17) is 21.1 Å². The number of likely N-dealkylation sites (tertiary alicyclic amines) is 1. The normalized spacial score (nSPS) is 15.4. The van der Waals surface area contributed by atoms with Crippen LogP contribution in [-0.2, 0) is 4.79 Å². The molecule has 0 aliphatic carbocycles. The van der Waals surface area contributed by atoms with Crippen molar-refractivity contribution in [3.05, 3.63) is 58.6 Å². The quantitative estimate of drug-likeness (QED) is 0.744. The summed E-state index contributed by atoms with van der Waals surface area (Å²) in [7, 11) is 1.56. The first kappa shape index (κ1) is 22.0. The van der Waals surface area contributed by atoms with Gasteiger partial charge in [-0.25, -0.2) is 0 Å². The Kier molecular flexibility index (Phi) is 7.21. The van der Waals surface area contributed by atoms with Crippen LogP contribution < -0.4 is 14.8 Å². The number of nitrogens with zero attached hydrogens (tertiary/aromatic N) is 1. The fourth-order valence-electron chi connectivity index (χ4n) is 3.49. The molecule has 1 heterocycles. The van der Waals surface area contributed by atoms with Gasteiger partial charge in [-0.1, -0.05) is 23.7 Å². The molecule has 160 valence electrons. The van der Waals surface area contributed by atoms with Crippen LogP contribution in [-0.4, -0.2) is 43.0 Å². The number of nitrogens with one attached hydrogen (secondary N) is 1. The number of carbonyl (C=O) groups is 2. The summed E-state index contributed by atoms with van der Waals surface area (Å²) in [6.07, 6.45) is 1.41. The molecule has 1 atom stereocenters. The highest BCUT2D eigenvalue weighted by Crippen LogP contribution is 2.28. The standard InChI is InChI=1S/C23H27ClN2O4/c1-15(17-4-6-18(24)7-5-17)25-23(28)21-14-20(29-3)8-9-22(21)30-19-10-12-26(13-11-19)16(2)27/h4-9,14-15,19H,10-13H2,1-3H3,(H,25,28)/t15-/m0/s1. The highest BCUT2D eigenvalue weighted by molar-refractivity contribution is 6.30. The molecular formula is C23H27ClN2O4. The first-order valence-electron chi connectivity index (χ1n) is 10.0. The van der Waals surface area contributed by atoms with Crippen LogP contribution in [0.15, 0.2) is 42.5 Å². The molecule has 0 radical (unpaired) electrons. The van der Waals surface area contributed by atoms with Gasteiger partial charge in [0.05, 0.1) is 18.7 Å². The van der Waals surface area contributed by atoms with Gasteiger partial charge in [-0.2, -0.15) is 0 Å². The van der Waals surface area contributed by atoms with E-state index in [9.17, 15) is 9.59 Å². The van der Waals surface area contributed by atoms with Crippen molar-refractivity contribution in [2.75, 3.05) is 20.2 Å². The van der Waals surface area contributed by atoms with Gasteiger partial charge in [-0.05, 0) is 42.8 Å². The molecule has 1 aliphatic heterocycles. The van der Waals surface area contributed by atoms with Crippen LogP contribution >= 0.6 is 11.6 Å². The van der Waals surface area contributed by atoms with E-state index in [0.29, 0.717) is 35.2 Å². The monoisotopic (exact) mass is 430 g/mol. The molecule has 30 heavy (non-hydrogen) atoms. The predicted octanol–water partition coefficient (Wildman–Crippen LogP) is 4.23. The number of amides is 2. The van der Waals surface area contributed by atoms with E-state index in [0.717, 1.165) is 18.4 Å². The molecule has 0 unspecified atom stereocenters. The van der Waals surface area contributed by atoms with E-state index < -0.39 is 0 Å². The van der Waals surface area contributed by atoms with Gasteiger partial charge in [0.15, 0.2) is 0 Å². The fourth-order valence-corrected chi connectivity index (χ4v) is 3.62. The molecule has 1 fully saturated rings. The van der Waals surface area contributed by atoms with Gasteiger partial charge in [0.2, 0.25) is 5.91 Å². The molecule has 2 aromatic carbocycles. The Morgan fingerprint density at radius 3 is 2.40 bits per heavy atom. The lowest BCUT2D eigenvalue weighted by molar-refractivity contribution is -0.130. The third kappa shape index (κ3) is 5.45. The predicted molar refractivity (Wildman–Crippen MR) is 116 cm³/mol. The van der Waals surface area contributed by atoms with E-state index in [1.165, 1.54) is 0 Å². The number of methoxy groups -OCH3 is 1. The molecular weight excluding hydrogens is 404 g/mol. The van der Waals surface area contributed by atoms with Gasteiger partial charge < -0.3 is 19.7 Å². The van der Waals surface area contributed by atoms with Crippen LogP contribution in [0.4, 0.5) is 0 Å². The Balaban J connectivity index is 1.73. The molecule has 7 heteroatoms. The molecule has 1 N–H and O–H groups in total. The number of hydrogen-bond acceptors (Lipinski definition) is 4. The third-order valence-corrected chi connectivity index (χ3v) is 5.58. The molecule has 0 bridgehead atoms. The zero-order chi connectivity index (χ0) is 21.7. The average molecular weight is 431 g/mol. The van der Waals surface area contributed by atoms with Gasteiger partial charge in [0, 0.05) is 37.9 Å². The minimum Gasteiger partial charge on any atom is -0.497 e. The lowest BCUT2D eigenvalue weighted by atomic mass is 10.1. The molecule has 0 aromatic heterocycles. The maximum atomic E-state index is 13.0. The van der Waals surface area contributed by atoms with Crippen molar-refractivity contribution in [1.29, 1.82) is 0 Å². The number of ether oxygens (including phenoxy) is 2. The van der Waals surface area contributed by atoms with Gasteiger partial charge >= 0.3 is 0 Å². The number of piperidine rings is 1. The summed E-state index contributed by atoms with van der Waals surface area (Å²) in [6, 6.07) is 12.4. The molecule has 3 rings (SSSR count). The summed E-state index contributed by atoms with van der Waals surface area (Å²) < 4.78 is 11.5. The van der Waals surface area contributed by atoms with Crippen molar-refractivity contribution in [2.24, 2.45) is 0 Å². The van der Waals surface area contributed by atoms with E-state index in [2.05, 4.69) is 5.32 Å². The minimum absolute atomic E-state index is 0.0470. The number of hydrogen-bond donors (Lipinski definition) is 1. The molecule has 0 spiro atoms. The Bertz CT molecular complexity index is 893. The van der Waals surface area contributed by atoms with Crippen molar-refractivity contribution < 1.29 is 19.1 Å². The Morgan fingerprint density at radius 2 is 1.80 bits per heavy atom. The second-order valence-corrected chi connectivity index (χ2v) is 7.87. The maximum absolute atomic E-state index is 13.0. The second kappa shape index (κ2) is 9.85. The molecule has 2 amide bonds. The van der Waals surface area contributed by atoms with Gasteiger partial charge in [-0.15, -0.1) is 0 Å².